The molecule has 0 bridgehead atoms. The van der Waals surface area contributed by atoms with Gasteiger partial charge in [0, 0.05) is 6.20 Å². The van der Waals surface area contributed by atoms with Crippen molar-refractivity contribution in [3.8, 4) is 0 Å². The summed E-state index contributed by atoms with van der Waals surface area (Å²) in [6.45, 7) is 2.20. The van der Waals surface area contributed by atoms with Crippen LogP contribution in [0.25, 0.3) is 0 Å². The van der Waals surface area contributed by atoms with Crippen molar-refractivity contribution in [1.82, 2.24) is 4.98 Å². The summed E-state index contributed by atoms with van der Waals surface area (Å²) in [5.41, 5.74) is 1.10. The van der Waals surface area contributed by atoms with Crippen LogP contribution in [0, 0.1) is 6.42 Å². The molecule has 1 aromatic heterocycles. The van der Waals surface area contributed by atoms with Gasteiger partial charge in [-0.2, -0.15) is 6.07 Å². The molecule has 1 heterocycles. The SMILES string of the molecule is CCCC[CH-]c1ccccn1.[Li+]. The van der Waals surface area contributed by atoms with E-state index in [1.54, 1.807) is 0 Å². The van der Waals surface area contributed by atoms with Gasteiger partial charge in [0.15, 0.2) is 0 Å². The number of rotatable bonds is 4. The fourth-order valence-electron chi connectivity index (χ4n) is 0.951. The molecule has 0 saturated heterocycles. The minimum absolute atomic E-state index is 0. The van der Waals surface area contributed by atoms with E-state index in [-0.39, 0.29) is 18.9 Å². The van der Waals surface area contributed by atoms with E-state index in [1.165, 1.54) is 12.8 Å². The molecule has 2 heteroatoms. The Morgan fingerprint density at radius 1 is 1.42 bits per heavy atom. The molecular weight excluding hydrogens is 141 g/mol. The molecule has 1 aromatic rings. The standard InChI is InChI=1S/C10H14N.Li/c1-2-3-4-7-10-8-5-6-9-11-10;/h5-9H,2-4H2,1H3;/q-1;+1. The molecular formula is C10H14LiN. The molecule has 60 valence electrons. The Labute approximate surface area is 86.8 Å². The van der Waals surface area contributed by atoms with Gasteiger partial charge in [-0.15, -0.1) is 6.07 Å². The molecule has 0 N–H and O–H groups in total. The first-order chi connectivity index (χ1) is 5.43. The number of unbranched alkanes of at least 4 members (excludes halogenated alkanes) is 2. The Morgan fingerprint density at radius 3 is 2.83 bits per heavy atom. The van der Waals surface area contributed by atoms with Gasteiger partial charge < -0.3 is 0 Å². The number of nitrogens with zero attached hydrogens (tertiary/aromatic N) is 1. The molecule has 0 fully saturated rings. The van der Waals surface area contributed by atoms with Crippen LogP contribution >= 0.6 is 0 Å². The minimum atomic E-state index is 0. The largest absolute Gasteiger partial charge is 1.00 e. The van der Waals surface area contributed by atoms with E-state index in [0.717, 1.165) is 12.1 Å². The number of aromatic nitrogens is 1. The maximum Gasteiger partial charge on any atom is 1.00 e. The fourth-order valence-corrected chi connectivity index (χ4v) is 0.951. The Hall–Kier alpha value is -0.383. The molecule has 0 atom stereocenters. The van der Waals surface area contributed by atoms with Gasteiger partial charge in [0.05, 0.1) is 0 Å². The summed E-state index contributed by atoms with van der Waals surface area (Å²) in [4.78, 5) is 4.19. The van der Waals surface area contributed by atoms with E-state index >= 15 is 0 Å². The molecule has 0 spiro atoms. The van der Waals surface area contributed by atoms with Gasteiger partial charge in [0.1, 0.15) is 0 Å². The van der Waals surface area contributed by atoms with Crippen LogP contribution in [0.1, 0.15) is 31.9 Å². The summed E-state index contributed by atoms with van der Waals surface area (Å²) in [5.74, 6) is 0. The van der Waals surface area contributed by atoms with Crippen LogP contribution < -0.4 is 18.9 Å². The van der Waals surface area contributed by atoms with Gasteiger partial charge in [0.25, 0.3) is 0 Å². The van der Waals surface area contributed by atoms with Gasteiger partial charge in [-0.1, -0.05) is 37.9 Å². The summed E-state index contributed by atoms with van der Waals surface area (Å²) < 4.78 is 0. The summed E-state index contributed by atoms with van der Waals surface area (Å²) in [6, 6.07) is 6.00. The second-order valence-electron chi connectivity index (χ2n) is 2.60. The molecule has 0 aliphatic heterocycles. The van der Waals surface area contributed by atoms with Gasteiger partial charge in [-0.3, -0.25) is 4.98 Å². The van der Waals surface area contributed by atoms with Crippen molar-refractivity contribution >= 4 is 0 Å². The molecule has 12 heavy (non-hydrogen) atoms. The van der Waals surface area contributed by atoms with Crippen molar-refractivity contribution in [1.29, 1.82) is 0 Å². The predicted molar refractivity (Wildman–Crippen MR) is 47.2 cm³/mol. The van der Waals surface area contributed by atoms with Gasteiger partial charge in [0.2, 0.25) is 0 Å². The number of pyridine rings is 1. The van der Waals surface area contributed by atoms with Crippen molar-refractivity contribution in [3.63, 3.8) is 0 Å². The van der Waals surface area contributed by atoms with E-state index in [2.05, 4.69) is 18.3 Å². The van der Waals surface area contributed by atoms with E-state index in [4.69, 9.17) is 0 Å². The third kappa shape index (κ3) is 4.49. The van der Waals surface area contributed by atoms with Crippen molar-refractivity contribution in [2.24, 2.45) is 0 Å². The number of hydrogen-bond acceptors (Lipinski definition) is 1. The van der Waals surface area contributed by atoms with E-state index in [9.17, 15) is 0 Å². The van der Waals surface area contributed by atoms with E-state index in [0.29, 0.717) is 0 Å². The first kappa shape index (κ1) is 11.6. The predicted octanol–water partition coefficient (Wildman–Crippen LogP) is -0.172. The average molecular weight is 155 g/mol. The van der Waals surface area contributed by atoms with Crippen molar-refractivity contribution in [2.45, 2.75) is 26.2 Å². The molecule has 0 aromatic carbocycles. The minimum Gasteiger partial charge on any atom is -0.295 e. The summed E-state index contributed by atoms with van der Waals surface area (Å²) in [5, 5.41) is 0. The molecule has 1 rings (SSSR count). The third-order valence-corrected chi connectivity index (χ3v) is 1.60. The quantitative estimate of drug-likeness (QED) is 0.334. The molecule has 0 amide bonds. The maximum absolute atomic E-state index is 4.19. The van der Waals surface area contributed by atoms with Crippen LogP contribution in [-0.4, -0.2) is 4.98 Å². The second kappa shape index (κ2) is 7.28. The topological polar surface area (TPSA) is 12.9 Å². The van der Waals surface area contributed by atoms with E-state index in [1.807, 2.05) is 24.4 Å². The third-order valence-electron chi connectivity index (χ3n) is 1.60. The van der Waals surface area contributed by atoms with Crippen LogP contribution in [0.3, 0.4) is 0 Å². The average Bonchev–Trinajstić information content (AvgIpc) is 2.07. The van der Waals surface area contributed by atoms with Crippen molar-refractivity contribution in [2.75, 3.05) is 0 Å². The monoisotopic (exact) mass is 155 g/mol. The fraction of sp³-hybridized carbons (Fsp3) is 0.400. The molecule has 0 aliphatic rings. The van der Waals surface area contributed by atoms with Gasteiger partial charge in [-0.05, 0) is 0 Å². The van der Waals surface area contributed by atoms with Crippen LogP contribution in [-0.2, 0) is 0 Å². The maximum atomic E-state index is 4.19. The molecule has 1 nitrogen and oxygen atoms in total. The zero-order valence-electron chi connectivity index (χ0n) is 7.96. The van der Waals surface area contributed by atoms with Crippen LogP contribution in [0.15, 0.2) is 24.4 Å². The molecule has 0 aliphatic carbocycles. The molecule has 0 saturated carbocycles. The number of hydrogen-bond donors (Lipinski definition) is 0. The van der Waals surface area contributed by atoms with Gasteiger partial charge in [-0.25, -0.2) is 6.42 Å². The van der Waals surface area contributed by atoms with Crippen LogP contribution in [0.5, 0.6) is 0 Å². The first-order valence-electron chi connectivity index (χ1n) is 4.17. The Balaban J connectivity index is 0.00000121. The molecule has 0 radical (unpaired) electrons. The van der Waals surface area contributed by atoms with Crippen molar-refractivity contribution < 1.29 is 18.9 Å². The smallest absolute Gasteiger partial charge is 0.295 e. The normalized spacial score (nSPS) is 8.75. The van der Waals surface area contributed by atoms with Crippen molar-refractivity contribution in [3.05, 3.63) is 36.5 Å². The Kier molecular flexibility index (Phi) is 7.04. The Bertz CT molecular complexity index is 186. The van der Waals surface area contributed by atoms with E-state index < -0.39 is 0 Å². The Morgan fingerprint density at radius 2 is 2.25 bits per heavy atom. The first-order valence-corrected chi connectivity index (χ1v) is 4.17. The zero-order chi connectivity index (χ0) is 7.94. The summed E-state index contributed by atoms with van der Waals surface area (Å²) >= 11 is 0. The summed E-state index contributed by atoms with van der Waals surface area (Å²) in [7, 11) is 0. The van der Waals surface area contributed by atoms with Crippen LogP contribution in [0.2, 0.25) is 0 Å². The second-order valence-corrected chi connectivity index (χ2v) is 2.60. The van der Waals surface area contributed by atoms with Gasteiger partial charge >= 0.3 is 18.9 Å². The summed E-state index contributed by atoms with van der Waals surface area (Å²) in [6.07, 6.45) is 7.68. The van der Waals surface area contributed by atoms with Crippen LogP contribution in [0.4, 0.5) is 0 Å². The molecule has 0 unspecified atom stereocenters. The zero-order valence-corrected chi connectivity index (χ0v) is 7.96.